The van der Waals surface area contributed by atoms with E-state index in [1.54, 1.807) is 24.3 Å². The van der Waals surface area contributed by atoms with Gasteiger partial charge in [0.2, 0.25) is 0 Å². The van der Waals surface area contributed by atoms with E-state index in [1.165, 1.54) is 13.8 Å². The largest absolute Gasteiger partial charge is 0.371 e. The summed E-state index contributed by atoms with van der Waals surface area (Å²) in [5.41, 5.74) is 0.274. The molecule has 1 N–H and O–H groups in total. The molecule has 1 rings (SSSR count). The third kappa shape index (κ3) is 3.36. The molecular weight excluding hydrogens is 230 g/mol. The summed E-state index contributed by atoms with van der Waals surface area (Å²) < 4.78 is 4.44. The van der Waals surface area contributed by atoms with Gasteiger partial charge in [-0.05, 0) is 32.9 Å². The van der Waals surface area contributed by atoms with Crippen LogP contribution in [0.5, 0.6) is 0 Å². The third-order valence-corrected chi connectivity index (χ3v) is 2.37. The standard InChI is InChI=1S/C14H15NO3/c1-5-18-13(17)14(3,4)15-12(16)11-8-6-7-10(2)9-11/h1,6-9H,2-4H3,(H,15,16). The summed E-state index contributed by atoms with van der Waals surface area (Å²) in [6.07, 6.45) is 6.68. The monoisotopic (exact) mass is 245 g/mol. The van der Waals surface area contributed by atoms with Crippen molar-refractivity contribution in [2.75, 3.05) is 0 Å². The second-order valence-electron chi connectivity index (χ2n) is 4.46. The predicted octanol–water partition coefficient (Wildman–Crippen LogP) is 1.64. The van der Waals surface area contributed by atoms with Gasteiger partial charge in [-0.3, -0.25) is 4.79 Å². The highest BCUT2D eigenvalue weighted by Crippen LogP contribution is 2.09. The Kier molecular flexibility index (Phi) is 4.11. The van der Waals surface area contributed by atoms with Crippen molar-refractivity contribution in [3.63, 3.8) is 0 Å². The van der Waals surface area contributed by atoms with Crippen LogP contribution >= 0.6 is 0 Å². The van der Waals surface area contributed by atoms with E-state index in [-0.39, 0.29) is 5.91 Å². The van der Waals surface area contributed by atoms with Gasteiger partial charge in [0.1, 0.15) is 11.6 Å². The lowest BCUT2D eigenvalue weighted by Crippen LogP contribution is -2.50. The zero-order valence-electron chi connectivity index (χ0n) is 10.6. The lowest BCUT2D eigenvalue weighted by molar-refractivity contribution is -0.142. The van der Waals surface area contributed by atoms with Crippen LogP contribution in [-0.4, -0.2) is 17.4 Å². The molecule has 94 valence electrons. The number of hydrogen-bond donors (Lipinski definition) is 1. The maximum atomic E-state index is 12.0. The average molecular weight is 245 g/mol. The Balaban J connectivity index is 2.82. The number of aryl methyl sites for hydroxylation is 1. The number of carbonyl (C=O) groups is 2. The highest BCUT2D eigenvalue weighted by atomic mass is 16.5. The number of ether oxygens (including phenoxy) is 1. The van der Waals surface area contributed by atoms with Gasteiger partial charge < -0.3 is 10.1 Å². The van der Waals surface area contributed by atoms with Crippen LogP contribution in [-0.2, 0) is 9.53 Å². The minimum Gasteiger partial charge on any atom is -0.371 e. The topological polar surface area (TPSA) is 55.4 Å². The molecule has 0 spiro atoms. The Labute approximate surface area is 106 Å². The van der Waals surface area contributed by atoms with Crippen LogP contribution in [0.3, 0.4) is 0 Å². The van der Waals surface area contributed by atoms with E-state index in [1.807, 2.05) is 13.0 Å². The maximum absolute atomic E-state index is 12.0. The van der Waals surface area contributed by atoms with Gasteiger partial charge in [0, 0.05) is 5.56 Å². The molecule has 18 heavy (non-hydrogen) atoms. The minimum atomic E-state index is -1.17. The van der Waals surface area contributed by atoms with Gasteiger partial charge in [-0.15, -0.1) is 0 Å². The fraction of sp³-hybridized carbons (Fsp3) is 0.286. The summed E-state index contributed by atoms with van der Waals surface area (Å²) in [4.78, 5) is 23.5. The Bertz CT molecular complexity index is 512. The van der Waals surface area contributed by atoms with Crippen molar-refractivity contribution in [1.82, 2.24) is 5.32 Å². The van der Waals surface area contributed by atoms with Crippen LogP contribution in [0.2, 0.25) is 0 Å². The first kappa shape index (κ1) is 13.8. The molecule has 0 aliphatic carbocycles. The van der Waals surface area contributed by atoms with Gasteiger partial charge in [-0.1, -0.05) is 24.1 Å². The van der Waals surface area contributed by atoms with Crippen molar-refractivity contribution in [3.05, 3.63) is 35.4 Å². The molecule has 0 bridgehead atoms. The van der Waals surface area contributed by atoms with Crippen LogP contribution in [0.4, 0.5) is 0 Å². The number of terminal acetylenes is 1. The van der Waals surface area contributed by atoms with Gasteiger partial charge in [0.25, 0.3) is 5.91 Å². The van der Waals surface area contributed by atoms with Crippen molar-refractivity contribution in [2.24, 2.45) is 0 Å². The third-order valence-electron chi connectivity index (χ3n) is 2.37. The van der Waals surface area contributed by atoms with Crippen LogP contribution in [0.15, 0.2) is 24.3 Å². The summed E-state index contributed by atoms with van der Waals surface area (Å²) in [5.74, 6) is -1.02. The van der Waals surface area contributed by atoms with E-state index in [2.05, 4.69) is 10.1 Å². The van der Waals surface area contributed by atoms with Crippen LogP contribution in [0.25, 0.3) is 0 Å². The first-order chi connectivity index (χ1) is 8.36. The molecule has 0 radical (unpaired) electrons. The van der Waals surface area contributed by atoms with Gasteiger partial charge in [0.15, 0.2) is 0 Å². The molecule has 4 nitrogen and oxygen atoms in total. The molecule has 0 aliphatic heterocycles. The highest BCUT2D eigenvalue weighted by molar-refractivity contribution is 5.98. The normalized spacial score (nSPS) is 10.3. The molecule has 0 unspecified atom stereocenters. The van der Waals surface area contributed by atoms with E-state index in [0.717, 1.165) is 5.56 Å². The quantitative estimate of drug-likeness (QED) is 0.650. The molecule has 1 amide bonds. The van der Waals surface area contributed by atoms with Crippen molar-refractivity contribution in [3.8, 4) is 12.5 Å². The molecule has 0 saturated heterocycles. The van der Waals surface area contributed by atoms with Crippen molar-refractivity contribution < 1.29 is 14.3 Å². The fourth-order valence-corrected chi connectivity index (χ4v) is 1.37. The molecule has 4 heteroatoms. The molecule has 0 heterocycles. The average Bonchev–Trinajstić information content (AvgIpc) is 2.28. The Morgan fingerprint density at radius 3 is 2.61 bits per heavy atom. The predicted molar refractivity (Wildman–Crippen MR) is 67.6 cm³/mol. The van der Waals surface area contributed by atoms with Gasteiger partial charge in [-0.2, -0.15) is 0 Å². The van der Waals surface area contributed by atoms with E-state index in [0.29, 0.717) is 5.56 Å². The number of nitrogens with one attached hydrogen (secondary N) is 1. The van der Waals surface area contributed by atoms with Crippen LogP contribution < -0.4 is 5.32 Å². The number of esters is 1. The lowest BCUT2D eigenvalue weighted by Gasteiger charge is -2.22. The highest BCUT2D eigenvalue weighted by Gasteiger charge is 2.31. The number of carbonyl (C=O) groups excluding carboxylic acids is 2. The Morgan fingerprint density at radius 1 is 1.39 bits per heavy atom. The smallest absolute Gasteiger partial charge is 0.345 e. The second kappa shape index (κ2) is 5.37. The van der Waals surface area contributed by atoms with Crippen molar-refractivity contribution >= 4 is 11.9 Å². The summed E-state index contributed by atoms with van der Waals surface area (Å²) in [6, 6.07) is 7.06. The molecular formula is C14H15NO3. The second-order valence-corrected chi connectivity index (χ2v) is 4.46. The maximum Gasteiger partial charge on any atom is 0.345 e. The van der Waals surface area contributed by atoms with Gasteiger partial charge in [0.05, 0.1) is 0 Å². The molecule has 0 saturated carbocycles. The summed E-state index contributed by atoms with van der Waals surface area (Å²) >= 11 is 0. The van der Waals surface area contributed by atoms with E-state index in [9.17, 15) is 9.59 Å². The molecule has 1 aromatic carbocycles. The Morgan fingerprint density at radius 2 is 2.06 bits per heavy atom. The van der Waals surface area contributed by atoms with Crippen molar-refractivity contribution in [2.45, 2.75) is 26.3 Å². The summed E-state index contributed by atoms with van der Waals surface area (Å²) in [7, 11) is 0. The summed E-state index contributed by atoms with van der Waals surface area (Å²) in [5, 5.41) is 2.58. The van der Waals surface area contributed by atoms with E-state index in [4.69, 9.17) is 6.42 Å². The molecule has 0 aromatic heterocycles. The minimum absolute atomic E-state index is 0.349. The molecule has 0 fully saturated rings. The number of benzene rings is 1. The SMILES string of the molecule is C#COC(=O)C(C)(C)NC(=O)c1cccc(C)c1. The van der Waals surface area contributed by atoms with Crippen LogP contribution in [0.1, 0.15) is 29.8 Å². The van der Waals surface area contributed by atoms with E-state index >= 15 is 0 Å². The van der Waals surface area contributed by atoms with Crippen molar-refractivity contribution in [1.29, 1.82) is 0 Å². The van der Waals surface area contributed by atoms with Gasteiger partial charge in [-0.25, -0.2) is 4.79 Å². The first-order valence-electron chi connectivity index (χ1n) is 5.43. The summed E-state index contributed by atoms with van der Waals surface area (Å²) in [6.45, 7) is 4.94. The fourth-order valence-electron chi connectivity index (χ4n) is 1.37. The zero-order valence-corrected chi connectivity index (χ0v) is 10.6. The number of rotatable bonds is 3. The molecule has 0 atom stereocenters. The molecule has 1 aromatic rings. The lowest BCUT2D eigenvalue weighted by atomic mass is 10.0. The number of hydrogen-bond acceptors (Lipinski definition) is 3. The first-order valence-corrected chi connectivity index (χ1v) is 5.43. The van der Waals surface area contributed by atoms with Gasteiger partial charge >= 0.3 is 5.97 Å². The van der Waals surface area contributed by atoms with Crippen LogP contribution in [0, 0.1) is 19.5 Å². The zero-order chi connectivity index (χ0) is 13.8. The molecule has 0 aliphatic rings. The number of amides is 1. The van der Waals surface area contributed by atoms with E-state index < -0.39 is 11.5 Å². The Hall–Kier alpha value is -2.28.